The van der Waals surface area contributed by atoms with Gasteiger partial charge >= 0.3 is 0 Å². The summed E-state index contributed by atoms with van der Waals surface area (Å²) >= 11 is 0. The molecule has 0 spiro atoms. The highest BCUT2D eigenvalue weighted by atomic mass is 16.7. The normalized spacial score (nSPS) is 60.3. The van der Waals surface area contributed by atoms with Crippen molar-refractivity contribution in [3.05, 3.63) is 4.91 Å². The average Bonchev–Trinajstić information content (AvgIpc) is 2.36. The van der Waals surface area contributed by atoms with Gasteiger partial charge in [0.15, 0.2) is 6.29 Å². The van der Waals surface area contributed by atoms with Gasteiger partial charge in [0.05, 0.1) is 12.6 Å². The Morgan fingerprint density at radius 3 is 3.07 bits per heavy atom. The Kier molecular flexibility index (Phi) is 1.57. The van der Waals surface area contributed by atoms with Gasteiger partial charge in [-0.2, -0.15) is 4.91 Å². The van der Waals surface area contributed by atoms with E-state index >= 15 is 0 Å². The molecule has 14 heavy (non-hydrogen) atoms. The van der Waals surface area contributed by atoms with Crippen molar-refractivity contribution in [3.8, 4) is 0 Å². The zero-order chi connectivity index (χ0) is 9.92. The highest BCUT2D eigenvalue weighted by molar-refractivity contribution is 5.12. The van der Waals surface area contributed by atoms with Crippen LogP contribution in [-0.2, 0) is 14.2 Å². The summed E-state index contributed by atoms with van der Waals surface area (Å²) in [6.45, 7) is 2.28. The van der Waals surface area contributed by atoms with Gasteiger partial charge in [-0.3, -0.25) is 0 Å². The van der Waals surface area contributed by atoms with Gasteiger partial charge in [0.25, 0.3) is 0 Å². The van der Waals surface area contributed by atoms with Gasteiger partial charge in [-0.25, -0.2) is 0 Å². The molecule has 0 aromatic rings. The maximum Gasteiger partial charge on any atom is 0.175 e. The lowest BCUT2D eigenvalue weighted by molar-refractivity contribution is -0.261. The Balaban J connectivity index is 2.03. The zero-order valence-electron chi connectivity index (χ0n) is 7.75. The predicted molar refractivity (Wildman–Crippen MR) is 45.4 cm³/mol. The molecule has 0 aliphatic carbocycles. The summed E-state index contributed by atoms with van der Waals surface area (Å²) in [6, 6.07) is -0.909. The molecule has 0 aromatic heterocycles. The van der Waals surface area contributed by atoms with Crippen LogP contribution in [0.5, 0.6) is 0 Å². The fourth-order valence-corrected chi connectivity index (χ4v) is 2.53. The van der Waals surface area contributed by atoms with Gasteiger partial charge in [0, 0.05) is 0 Å². The number of fused-ring (bicyclic) bond motifs is 2. The van der Waals surface area contributed by atoms with Crippen LogP contribution < -0.4 is 5.73 Å². The van der Waals surface area contributed by atoms with Gasteiger partial charge in [-0.15, -0.1) is 0 Å². The molecule has 6 unspecified atom stereocenters. The van der Waals surface area contributed by atoms with Crippen molar-refractivity contribution in [1.82, 2.24) is 0 Å². The summed E-state index contributed by atoms with van der Waals surface area (Å²) in [4.78, 5) is 10.7. The van der Waals surface area contributed by atoms with E-state index in [9.17, 15) is 4.91 Å². The van der Waals surface area contributed by atoms with E-state index in [1.165, 1.54) is 0 Å². The van der Waals surface area contributed by atoms with E-state index in [-0.39, 0.29) is 12.2 Å². The Hall–Kier alpha value is -0.560. The molecule has 0 amide bonds. The molecule has 78 valence electrons. The number of nitrogens with two attached hydrogens (primary N) is 1. The third-order valence-corrected chi connectivity index (χ3v) is 3.28. The molecule has 0 radical (unpaired) electrons. The van der Waals surface area contributed by atoms with Crippen molar-refractivity contribution in [3.63, 3.8) is 0 Å². The van der Waals surface area contributed by atoms with Crippen LogP contribution in [0.25, 0.3) is 0 Å². The summed E-state index contributed by atoms with van der Waals surface area (Å²) in [6.07, 6.45) is -1.11. The van der Waals surface area contributed by atoms with Crippen LogP contribution in [0.2, 0.25) is 0 Å². The molecule has 3 aliphatic heterocycles. The molecule has 0 aromatic carbocycles. The minimum Gasteiger partial charge on any atom is -0.363 e. The minimum atomic E-state index is -0.562. The molecule has 6 heteroatoms. The number of nitrogens with zero attached hydrogens (tertiary/aromatic N) is 1. The third-order valence-electron chi connectivity index (χ3n) is 3.28. The van der Waals surface area contributed by atoms with Crippen LogP contribution in [0.15, 0.2) is 5.18 Å². The number of nitroso groups, excluding NO2 is 1. The third kappa shape index (κ3) is 0.844. The smallest absolute Gasteiger partial charge is 0.175 e. The molecule has 3 aliphatic rings. The maximum absolute atomic E-state index is 10.7. The van der Waals surface area contributed by atoms with E-state index in [0.717, 1.165) is 0 Å². The van der Waals surface area contributed by atoms with Crippen LogP contribution >= 0.6 is 0 Å². The number of rotatable bonds is 1. The first-order chi connectivity index (χ1) is 6.65. The van der Waals surface area contributed by atoms with Crippen LogP contribution in [0.3, 0.4) is 0 Å². The molecule has 6 nitrogen and oxygen atoms in total. The molecule has 3 heterocycles. The summed E-state index contributed by atoms with van der Waals surface area (Å²) in [7, 11) is 0. The van der Waals surface area contributed by atoms with Crippen molar-refractivity contribution < 1.29 is 14.2 Å². The van der Waals surface area contributed by atoms with E-state index in [1.54, 1.807) is 0 Å². The number of hydrogen-bond donors (Lipinski definition) is 1. The molecule has 3 bridgehead atoms. The topological polar surface area (TPSA) is 83.1 Å². The minimum absolute atomic E-state index is 0.302. The predicted octanol–water partition coefficient (Wildman–Crippen LogP) is -0.639. The first kappa shape index (κ1) is 8.72. The molecular weight excluding hydrogens is 188 g/mol. The molecule has 3 saturated heterocycles. The second-order valence-electron chi connectivity index (χ2n) is 4.30. The Morgan fingerprint density at radius 1 is 1.57 bits per heavy atom. The lowest BCUT2D eigenvalue weighted by Crippen LogP contribution is -2.62. The van der Waals surface area contributed by atoms with Gasteiger partial charge < -0.3 is 19.9 Å². The molecule has 3 fully saturated rings. The maximum atomic E-state index is 10.7. The highest BCUT2D eigenvalue weighted by Crippen LogP contribution is 2.45. The van der Waals surface area contributed by atoms with Gasteiger partial charge in [0.1, 0.15) is 23.9 Å². The monoisotopic (exact) mass is 200 g/mol. The number of ether oxygens (including phenoxy) is 3. The second-order valence-corrected chi connectivity index (χ2v) is 4.30. The van der Waals surface area contributed by atoms with Crippen molar-refractivity contribution >= 4 is 0 Å². The molecular formula is C8H12N2O4. The van der Waals surface area contributed by atoms with Gasteiger partial charge in [-0.05, 0) is 6.92 Å². The fraction of sp³-hybridized carbons (Fsp3) is 1.00. The molecule has 6 atom stereocenters. The van der Waals surface area contributed by atoms with Crippen molar-refractivity contribution in [2.75, 3.05) is 6.61 Å². The van der Waals surface area contributed by atoms with E-state index in [2.05, 4.69) is 5.18 Å². The molecule has 3 rings (SSSR count). The van der Waals surface area contributed by atoms with Crippen LogP contribution in [0.4, 0.5) is 0 Å². The van der Waals surface area contributed by atoms with Crippen LogP contribution in [0, 0.1) is 4.91 Å². The van der Waals surface area contributed by atoms with Crippen LogP contribution in [-0.4, -0.2) is 42.8 Å². The van der Waals surface area contributed by atoms with Crippen LogP contribution in [0.1, 0.15) is 6.92 Å². The summed E-state index contributed by atoms with van der Waals surface area (Å²) in [5.41, 5.74) is 5.29. The molecule has 2 N–H and O–H groups in total. The number of hydrogen-bond acceptors (Lipinski definition) is 6. The standard InChI is InChI=1S/C8H12N2O4/c1-8-2-12-7-3(9)5(14-8)4(10-11)6(8)13-7/h3-7H,2,9H2,1H3. The SMILES string of the molecule is CC12COC3OC1C(N=O)C(O2)C3N. The average molecular weight is 200 g/mol. The van der Waals surface area contributed by atoms with E-state index in [1.807, 2.05) is 6.92 Å². The lowest BCUT2D eigenvalue weighted by atomic mass is 9.89. The summed E-state index contributed by atoms with van der Waals surface area (Å²) in [5.74, 6) is 0. The van der Waals surface area contributed by atoms with Crippen molar-refractivity contribution in [1.29, 1.82) is 0 Å². The second kappa shape index (κ2) is 2.52. The quantitative estimate of drug-likeness (QED) is 0.569. The van der Waals surface area contributed by atoms with E-state index < -0.39 is 24.0 Å². The first-order valence-electron chi connectivity index (χ1n) is 4.69. The van der Waals surface area contributed by atoms with E-state index in [4.69, 9.17) is 19.9 Å². The van der Waals surface area contributed by atoms with Gasteiger partial charge in [-0.1, -0.05) is 5.18 Å². The van der Waals surface area contributed by atoms with Crippen molar-refractivity contribution in [2.45, 2.75) is 43.1 Å². The van der Waals surface area contributed by atoms with Crippen molar-refractivity contribution in [2.24, 2.45) is 10.9 Å². The largest absolute Gasteiger partial charge is 0.363 e. The fourth-order valence-electron chi connectivity index (χ4n) is 2.53. The van der Waals surface area contributed by atoms with E-state index in [0.29, 0.717) is 6.61 Å². The Bertz CT molecular complexity index is 287. The Morgan fingerprint density at radius 2 is 2.36 bits per heavy atom. The lowest BCUT2D eigenvalue weighted by Gasteiger charge is -2.41. The first-order valence-corrected chi connectivity index (χ1v) is 4.69. The molecule has 0 saturated carbocycles. The summed E-state index contributed by atoms with van der Waals surface area (Å²) in [5, 5.41) is 3.05. The Labute approximate surface area is 80.7 Å². The summed E-state index contributed by atoms with van der Waals surface area (Å²) < 4.78 is 16.6. The zero-order valence-corrected chi connectivity index (χ0v) is 7.75. The van der Waals surface area contributed by atoms with Gasteiger partial charge in [0.2, 0.25) is 0 Å². The highest BCUT2D eigenvalue weighted by Gasteiger charge is 2.64.